The molecule has 3 heteroatoms. The molecule has 3 rings (SSSR count). The predicted octanol–water partition coefficient (Wildman–Crippen LogP) is 4.07. The van der Waals surface area contributed by atoms with Gasteiger partial charge in [0.15, 0.2) is 0 Å². The van der Waals surface area contributed by atoms with Gasteiger partial charge in [-0.3, -0.25) is 0 Å². The minimum atomic E-state index is -0.737. The Labute approximate surface area is 125 Å². The number of carboxylic acid groups (broad SMARTS) is 1. The molecule has 0 unspecified atom stereocenters. The van der Waals surface area contributed by atoms with Crippen molar-refractivity contribution in [2.45, 2.75) is 44.6 Å². The molecule has 0 radical (unpaired) electrons. The molecule has 1 fully saturated rings. The second kappa shape index (κ2) is 5.40. The summed E-state index contributed by atoms with van der Waals surface area (Å²) in [5.74, 6) is -0.695. The number of aryl methyl sites for hydroxylation is 1. The Kier molecular flexibility index (Phi) is 3.58. The molecule has 1 saturated carbocycles. The van der Waals surface area contributed by atoms with Gasteiger partial charge in [0.1, 0.15) is 5.54 Å². The number of hydrogen-bond donors (Lipinski definition) is 1. The van der Waals surface area contributed by atoms with E-state index in [9.17, 15) is 9.90 Å². The zero-order valence-electron chi connectivity index (χ0n) is 12.4. The highest BCUT2D eigenvalue weighted by Crippen LogP contribution is 2.44. The van der Waals surface area contributed by atoms with E-state index < -0.39 is 11.5 Å². The third-order valence-electron chi connectivity index (χ3n) is 4.54. The Hall–Kier alpha value is -2.03. The zero-order chi connectivity index (χ0) is 14.9. The molecule has 110 valence electrons. The van der Waals surface area contributed by atoms with E-state index in [2.05, 4.69) is 35.8 Å². The fourth-order valence-electron chi connectivity index (χ4n) is 3.31. The van der Waals surface area contributed by atoms with E-state index in [1.807, 2.05) is 18.2 Å². The topological polar surface area (TPSA) is 42.2 Å². The van der Waals surface area contributed by atoms with Crippen LogP contribution in [-0.4, -0.2) is 15.6 Å². The maximum atomic E-state index is 11.9. The first-order valence-corrected chi connectivity index (χ1v) is 7.69. The zero-order valence-corrected chi connectivity index (χ0v) is 12.4. The van der Waals surface area contributed by atoms with Gasteiger partial charge >= 0.3 is 5.97 Å². The van der Waals surface area contributed by atoms with Crippen LogP contribution in [0.15, 0.2) is 42.5 Å². The molecule has 0 aliphatic heterocycles. The molecule has 1 N–H and O–H groups in total. The second-order valence-electron chi connectivity index (χ2n) is 5.85. The van der Waals surface area contributed by atoms with Crippen molar-refractivity contribution in [2.75, 3.05) is 0 Å². The van der Waals surface area contributed by atoms with Crippen molar-refractivity contribution >= 4 is 5.97 Å². The van der Waals surface area contributed by atoms with Crippen molar-refractivity contribution in [3.8, 4) is 11.3 Å². The average molecular weight is 283 g/mol. The van der Waals surface area contributed by atoms with Crippen molar-refractivity contribution in [2.24, 2.45) is 0 Å². The van der Waals surface area contributed by atoms with E-state index >= 15 is 0 Å². The largest absolute Gasteiger partial charge is 0.479 e. The summed E-state index contributed by atoms with van der Waals surface area (Å²) >= 11 is 0. The smallest absolute Gasteiger partial charge is 0.329 e. The van der Waals surface area contributed by atoms with Gasteiger partial charge < -0.3 is 9.67 Å². The number of nitrogens with zero attached hydrogens (tertiary/aromatic N) is 1. The Bertz CT molecular complexity index is 638. The molecule has 1 aromatic heterocycles. The van der Waals surface area contributed by atoms with Crippen LogP contribution in [0.1, 0.15) is 38.3 Å². The molecule has 2 aromatic rings. The van der Waals surface area contributed by atoms with Crippen LogP contribution in [0.4, 0.5) is 0 Å². The van der Waals surface area contributed by atoms with Crippen LogP contribution in [0.25, 0.3) is 11.3 Å². The van der Waals surface area contributed by atoms with Gasteiger partial charge in [0, 0.05) is 11.4 Å². The van der Waals surface area contributed by atoms with E-state index in [4.69, 9.17) is 0 Å². The first kappa shape index (κ1) is 13.9. The van der Waals surface area contributed by atoms with Crippen LogP contribution >= 0.6 is 0 Å². The molecule has 0 spiro atoms. The van der Waals surface area contributed by atoms with Gasteiger partial charge in [-0.05, 0) is 43.4 Å². The molecule has 1 aliphatic rings. The lowest BCUT2D eigenvalue weighted by Crippen LogP contribution is -2.48. The average Bonchev–Trinajstić information content (AvgIpc) is 2.83. The van der Waals surface area contributed by atoms with Gasteiger partial charge in [-0.2, -0.15) is 0 Å². The summed E-state index contributed by atoms with van der Waals surface area (Å²) in [6.07, 6.45) is 4.39. The van der Waals surface area contributed by atoms with Gasteiger partial charge in [0.05, 0.1) is 0 Å². The van der Waals surface area contributed by atoms with Gasteiger partial charge in [-0.15, -0.1) is 0 Å². The second-order valence-corrected chi connectivity index (χ2v) is 5.85. The SMILES string of the molecule is CCCc1ccc(-c2ccccc2)n1C1(C(=O)O)CCC1. The van der Waals surface area contributed by atoms with Crippen LogP contribution in [0.3, 0.4) is 0 Å². The molecule has 21 heavy (non-hydrogen) atoms. The lowest BCUT2D eigenvalue weighted by Gasteiger charge is -2.41. The normalized spacial score (nSPS) is 16.4. The molecular formula is C18H21NO2. The Balaban J connectivity index is 2.16. The number of carboxylic acids is 1. The maximum absolute atomic E-state index is 11.9. The number of hydrogen-bond acceptors (Lipinski definition) is 1. The van der Waals surface area contributed by atoms with E-state index in [-0.39, 0.29) is 0 Å². The third-order valence-corrected chi connectivity index (χ3v) is 4.54. The van der Waals surface area contributed by atoms with Crippen molar-refractivity contribution in [3.63, 3.8) is 0 Å². The minimum absolute atomic E-state index is 0.695. The fraction of sp³-hybridized carbons (Fsp3) is 0.389. The van der Waals surface area contributed by atoms with Gasteiger partial charge in [-0.1, -0.05) is 43.7 Å². The van der Waals surface area contributed by atoms with Crippen molar-refractivity contribution in [1.29, 1.82) is 0 Å². The Morgan fingerprint density at radius 2 is 1.90 bits per heavy atom. The third kappa shape index (κ3) is 2.17. The first-order valence-electron chi connectivity index (χ1n) is 7.69. The van der Waals surface area contributed by atoms with Crippen LogP contribution < -0.4 is 0 Å². The predicted molar refractivity (Wildman–Crippen MR) is 83.3 cm³/mol. The molecule has 1 heterocycles. The standard InChI is InChI=1S/C18H21NO2/c1-2-7-15-10-11-16(14-8-4-3-5-9-14)19(15)18(17(20)21)12-6-13-18/h3-5,8-11H,2,6-7,12-13H2,1H3,(H,20,21). The summed E-state index contributed by atoms with van der Waals surface area (Å²) in [7, 11) is 0. The van der Waals surface area contributed by atoms with E-state index in [0.29, 0.717) is 0 Å². The summed E-state index contributed by atoms with van der Waals surface area (Å²) in [6, 6.07) is 14.3. The van der Waals surface area contributed by atoms with Gasteiger partial charge in [0.25, 0.3) is 0 Å². The lowest BCUT2D eigenvalue weighted by molar-refractivity contribution is -0.152. The van der Waals surface area contributed by atoms with Crippen LogP contribution in [0, 0.1) is 0 Å². The Morgan fingerprint density at radius 1 is 1.19 bits per heavy atom. The minimum Gasteiger partial charge on any atom is -0.479 e. The van der Waals surface area contributed by atoms with E-state index in [1.165, 1.54) is 0 Å². The summed E-state index contributed by atoms with van der Waals surface area (Å²) in [5.41, 5.74) is 2.52. The molecule has 1 aliphatic carbocycles. The molecule has 0 saturated heterocycles. The van der Waals surface area contributed by atoms with Crippen molar-refractivity contribution < 1.29 is 9.90 Å². The molecule has 1 aromatic carbocycles. The van der Waals surface area contributed by atoms with E-state index in [0.717, 1.165) is 49.1 Å². The number of aliphatic carboxylic acids is 1. The highest BCUT2D eigenvalue weighted by molar-refractivity contribution is 5.80. The number of carbonyl (C=O) groups is 1. The monoisotopic (exact) mass is 283 g/mol. The summed E-state index contributed by atoms with van der Waals surface area (Å²) in [5, 5.41) is 9.80. The first-order chi connectivity index (χ1) is 10.2. The fourth-order valence-corrected chi connectivity index (χ4v) is 3.31. The highest BCUT2D eigenvalue weighted by Gasteiger charge is 2.47. The molecule has 0 amide bonds. The summed E-state index contributed by atoms with van der Waals surface area (Å²) in [6.45, 7) is 2.13. The molecule has 0 bridgehead atoms. The number of aromatic nitrogens is 1. The van der Waals surface area contributed by atoms with Crippen LogP contribution in [0.2, 0.25) is 0 Å². The number of benzene rings is 1. The van der Waals surface area contributed by atoms with Crippen molar-refractivity contribution in [3.05, 3.63) is 48.2 Å². The van der Waals surface area contributed by atoms with Crippen LogP contribution in [-0.2, 0) is 16.8 Å². The van der Waals surface area contributed by atoms with Gasteiger partial charge in [-0.25, -0.2) is 4.79 Å². The molecular weight excluding hydrogens is 262 g/mol. The van der Waals surface area contributed by atoms with Gasteiger partial charge in [0.2, 0.25) is 0 Å². The van der Waals surface area contributed by atoms with Crippen molar-refractivity contribution in [1.82, 2.24) is 4.57 Å². The maximum Gasteiger partial charge on any atom is 0.329 e. The lowest BCUT2D eigenvalue weighted by atomic mass is 9.76. The van der Waals surface area contributed by atoms with E-state index in [1.54, 1.807) is 0 Å². The highest BCUT2D eigenvalue weighted by atomic mass is 16.4. The molecule has 3 nitrogen and oxygen atoms in total. The summed E-state index contributed by atoms with van der Waals surface area (Å²) < 4.78 is 2.09. The number of rotatable bonds is 5. The van der Waals surface area contributed by atoms with Crippen LogP contribution in [0.5, 0.6) is 0 Å². The summed E-state index contributed by atoms with van der Waals surface area (Å²) in [4.78, 5) is 11.9. The molecule has 0 atom stereocenters. The quantitative estimate of drug-likeness (QED) is 0.898. The Morgan fingerprint density at radius 3 is 2.43 bits per heavy atom.